The van der Waals surface area contributed by atoms with E-state index in [0.29, 0.717) is 18.9 Å². The van der Waals surface area contributed by atoms with Crippen molar-refractivity contribution >= 4 is 21.9 Å². The number of hydrogen-bond donors (Lipinski definition) is 1. The average Bonchev–Trinajstić information content (AvgIpc) is 2.28. The molecule has 0 amide bonds. The fourth-order valence-electron chi connectivity index (χ4n) is 1.31. The maximum absolute atomic E-state index is 11.6. The van der Waals surface area contributed by atoms with Crippen LogP contribution in [-0.2, 0) is 16.0 Å². The van der Waals surface area contributed by atoms with Crippen molar-refractivity contribution in [3.63, 3.8) is 0 Å². The molecule has 1 atom stereocenters. The molecule has 0 aliphatic heterocycles. The predicted molar refractivity (Wildman–Crippen MR) is 71.6 cm³/mol. The Balaban J connectivity index is 2.45. The van der Waals surface area contributed by atoms with Gasteiger partial charge in [0, 0.05) is 4.47 Å². The highest BCUT2D eigenvalue weighted by atomic mass is 79.9. The standard InChI is InChI=1S/C13H18BrNO2/c1-9(2)8-17-13(16)12(15)7-10-3-5-11(14)6-4-10/h3-6,9,12H,7-8,15H2,1-2H3. The first-order valence-electron chi connectivity index (χ1n) is 5.65. The van der Waals surface area contributed by atoms with Crippen molar-refractivity contribution in [2.45, 2.75) is 26.3 Å². The van der Waals surface area contributed by atoms with E-state index in [-0.39, 0.29) is 5.97 Å². The Kier molecular flexibility index (Phi) is 5.65. The maximum atomic E-state index is 11.6. The van der Waals surface area contributed by atoms with Crippen LogP contribution in [0.4, 0.5) is 0 Å². The number of hydrogen-bond acceptors (Lipinski definition) is 3. The summed E-state index contributed by atoms with van der Waals surface area (Å²) >= 11 is 3.36. The number of rotatable bonds is 5. The lowest BCUT2D eigenvalue weighted by atomic mass is 10.1. The monoisotopic (exact) mass is 299 g/mol. The van der Waals surface area contributed by atoms with Crippen LogP contribution >= 0.6 is 15.9 Å². The first-order valence-corrected chi connectivity index (χ1v) is 6.45. The van der Waals surface area contributed by atoms with Gasteiger partial charge < -0.3 is 10.5 Å². The van der Waals surface area contributed by atoms with E-state index < -0.39 is 6.04 Å². The van der Waals surface area contributed by atoms with Gasteiger partial charge in [-0.2, -0.15) is 0 Å². The number of ether oxygens (including phenoxy) is 1. The van der Waals surface area contributed by atoms with E-state index in [1.54, 1.807) is 0 Å². The van der Waals surface area contributed by atoms with Crippen molar-refractivity contribution in [2.75, 3.05) is 6.61 Å². The largest absolute Gasteiger partial charge is 0.464 e. The van der Waals surface area contributed by atoms with Crippen LogP contribution in [0, 0.1) is 5.92 Å². The van der Waals surface area contributed by atoms with E-state index >= 15 is 0 Å². The van der Waals surface area contributed by atoms with Crippen LogP contribution in [-0.4, -0.2) is 18.6 Å². The molecule has 0 aliphatic carbocycles. The van der Waals surface area contributed by atoms with Gasteiger partial charge in [-0.3, -0.25) is 4.79 Å². The van der Waals surface area contributed by atoms with Gasteiger partial charge in [-0.1, -0.05) is 41.9 Å². The molecule has 94 valence electrons. The van der Waals surface area contributed by atoms with Gasteiger partial charge >= 0.3 is 5.97 Å². The first-order chi connectivity index (χ1) is 7.99. The van der Waals surface area contributed by atoms with Crippen LogP contribution in [0.3, 0.4) is 0 Å². The average molecular weight is 300 g/mol. The zero-order chi connectivity index (χ0) is 12.8. The predicted octanol–water partition coefficient (Wildman–Crippen LogP) is 2.52. The molecule has 0 heterocycles. The molecule has 0 saturated carbocycles. The lowest BCUT2D eigenvalue weighted by Crippen LogP contribution is -2.35. The van der Waals surface area contributed by atoms with Crippen LogP contribution in [0.5, 0.6) is 0 Å². The number of nitrogens with two attached hydrogens (primary N) is 1. The maximum Gasteiger partial charge on any atom is 0.323 e. The molecule has 3 nitrogen and oxygen atoms in total. The van der Waals surface area contributed by atoms with Gasteiger partial charge in [0.05, 0.1) is 6.61 Å². The van der Waals surface area contributed by atoms with Crippen molar-refractivity contribution in [1.82, 2.24) is 0 Å². The summed E-state index contributed by atoms with van der Waals surface area (Å²) in [6.45, 7) is 4.41. The highest BCUT2D eigenvalue weighted by Gasteiger charge is 2.15. The second-order valence-corrected chi connectivity index (χ2v) is 5.38. The van der Waals surface area contributed by atoms with Crippen LogP contribution in [0.25, 0.3) is 0 Å². The minimum absolute atomic E-state index is 0.332. The topological polar surface area (TPSA) is 52.3 Å². The second-order valence-electron chi connectivity index (χ2n) is 4.46. The molecule has 0 saturated heterocycles. The quantitative estimate of drug-likeness (QED) is 0.850. The molecule has 0 aromatic heterocycles. The molecular formula is C13H18BrNO2. The van der Waals surface area contributed by atoms with Crippen molar-refractivity contribution in [2.24, 2.45) is 11.7 Å². The van der Waals surface area contributed by atoms with Crippen molar-refractivity contribution in [1.29, 1.82) is 0 Å². The van der Waals surface area contributed by atoms with Gasteiger partial charge in [0.1, 0.15) is 6.04 Å². The Bertz CT molecular complexity index is 362. The highest BCUT2D eigenvalue weighted by Crippen LogP contribution is 2.12. The molecule has 1 unspecified atom stereocenters. The lowest BCUT2D eigenvalue weighted by molar-refractivity contribution is -0.146. The minimum atomic E-state index is -0.588. The lowest BCUT2D eigenvalue weighted by Gasteiger charge is -2.13. The molecule has 0 fully saturated rings. The summed E-state index contributed by atoms with van der Waals surface area (Å²) in [5.41, 5.74) is 6.82. The van der Waals surface area contributed by atoms with Crippen LogP contribution in [0.15, 0.2) is 28.7 Å². The Morgan fingerprint density at radius 3 is 2.47 bits per heavy atom. The Hall–Kier alpha value is -0.870. The van der Waals surface area contributed by atoms with Crippen molar-refractivity contribution in [3.8, 4) is 0 Å². The highest BCUT2D eigenvalue weighted by molar-refractivity contribution is 9.10. The summed E-state index contributed by atoms with van der Waals surface area (Å²) in [6.07, 6.45) is 0.504. The summed E-state index contributed by atoms with van der Waals surface area (Å²) in [5.74, 6) is 0.000416. The van der Waals surface area contributed by atoms with Crippen molar-refractivity contribution < 1.29 is 9.53 Å². The molecule has 0 aliphatic rings. The first kappa shape index (κ1) is 14.2. The molecule has 17 heavy (non-hydrogen) atoms. The zero-order valence-electron chi connectivity index (χ0n) is 10.2. The summed E-state index contributed by atoms with van der Waals surface area (Å²) in [7, 11) is 0. The fraction of sp³-hybridized carbons (Fsp3) is 0.462. The fourth-order valence-corrected chi connectivity index (χ4v) is 1.58. The SMILES string of the molecule is CC(C)COC(=O)C(N)Cc1ccc(Br)cc1. The summed E-state index contributed by atoms with van der Waals surface area (Å²) in [4.78, 5) is 11.6. The van der Waals surface area contributed by atoms with Gasteiger partial charge in [0.2, 0.25) is 0 Å². The van der Waals surface area contributed by atoms with E-state index in [1.165, 1.54) is 0 Å². The third-order valence-electron chi connectivity index (χ3n) is 2.23. The number of carbonyl (C=O) groups is 1. The molecule has 2 N–H and O–H groups in total. The van der Waals surface area contributed by atoms with E-state index in [1.807, 2.05) is 38.1 Å². The molecule has 0 spiro atoms. The van der Waals surface area contributed by atoms with Crippen LogP contribution in [0.2, 0.25) is 0 Å². The second kappa shape index (κ2) is 6.77. The Labute approximate surface area is 110 Å². The van der Waals surface area contributed by atoms with E-state index in [9.17, 15) is 4.79 Å². The van der Waals surface area contributed by atoms with Gasteiger partial charge in [0.25, 0.3) is 0 Å². The molecule has 0 bridgehead atoms. The Morgan fingerprint density at radius 1 is 1.35 bits per heavy atom. The van der Waals surface area contributed by atoms with E-state index in [0.717, 1.165) is 10.0 Å². The Morgan fingerprint density at radius 2 is 1.94 bits per heavy atom. The third-order valence-corrected chi connectivity index (χ3v) is 2.76. The molecule has 0 radical (unpaired) electrons. The normalized spacial score (nSPS) is 12.5. The third kappa shape index (κ3) is 5.33. The van der Waals surface area contributed by atoms with E-state index in [4.69, 9.17) is 10.5 Å². The molecular weight excluding hydrogens is 282 g/mol. The zero-order valence-corrected chi connectivity index (χ0v) is 11.7. The van der Waals surface area contributed by atoms with Crippen LogP contribution < -0.4 is 5.73 Å². The summed E-state index contributed by atoms with van der Waals surface area (Å²) < 4.78 is 6.10. The van der Waals surface area contributed by atoms with Gasteiger partial charge in [0.15, 0.2) is 0 Å². The summed E-state index contributed by atoms with van der Waals surface area (Å²) in [6, 6.07) is 7.16. The smallest absolute Gasteiger partial charge is 0.323 e. The van der Waals surface area contributed by atoms with E-state index in [2.05, 4.69) is 15.9 Å². The minimum Gasteiger partial charge on any atom is -0.464 e. The van der Waals surface area contributed by atoms with Gasteiger partial charge in [-0.15, -0.1) is 0 Å². The number of benzene rings is 1. The van der Waals surface area contributed by atoms with Crippen LogP contribution in [0.1, 0.15) is 19.4 Å². The van der Waals surface area contributed by atoms with Gasteiger partial charge in [-0.25, -0.2) is 0 Å². The molecule has 1 aromatic rings. The number of halogens is 1. The molecule has 4 heteroatoms. The molecule has 1 aromatic carbocycles. The summed E-state index contributed by atoms with van der Waals surface area (Å²) in [5, 5.41) is 0. The van der Waals surface area contributed by atoms with Gasteiger partial charge in [-0.05, 0) is 30.0 Å². The molecule has 1 rings (SSSR count). The van der Waals surface area contributed by atoms with Crippen molar-refractivity contribution in [3.05, 3.63) is 34.3 Å². The number of carbonyl (C=O) groups excluding carboxylic acids is 1. The number of esters is 1.